The molecule has 26 heavy (non-hydrogen) atoms. The van der Waals surface area contributed by atoms with Gasteiger partial charge in [-0.25, -0.2) is 9.97 Å². The highest BCUT2D eigenvalue weighted by Crippen LogP contribution is 2.33. The van der Waals surface area contributed by atoms with Gasteiger partial charge in [0.15, 0.2) is 0 Å². The van der Waals surface area contributed by atoms with Gasteiger partial charge < -0.3 is 11.1 Å². The number of fused-ring (bicyclic) bond motifs is 1. The number of halogens is 1. The highest BCUT2D eigenvalue weighted by molar-refractivity contribution is 6.33. The molecule has 0 fully saturated rings. The Kier molecular flexibility index (Phi) is 4.51. The van der Waals surface area contributed by atoms with E-state index in [0.29, 0.717) is 10.7 Å². The Labute approximate surface area is 158 Å². The van der Waals surface area contributed by atoms with Crippen LogP contribution in [0.4, 0.5) is 11.5 Å². The van der Waals surface area contributed by atoms with Crippen LogP contribution in [0.2, 0.25) is 5.02 Å². The van der Waals surface area contributed by atoms with Crippen molar-refractivity contribution in [3.8, 4) is 11.3 Å². The number of aromatic nitrogens is 2. The molecule has 0 saturated carbocycles. The van der Waals surface area contributed by atoms with Gasteiger partial charge in [0.25, 0.3) is 0 Å². The molecule has 2 aromatic carbocycles. The predicted molar refractivity (Wildman–Crippen MR) is 107 cm³/mol. The van der Waals surface area contributed by atoms with Crippen LogP contribution >= 0.6 is 11.6 Å². The smallest absolute Gasteiger partial charge is 0.130 e. The van der Waals surface area contributed by atoms with Crippen molar-refractivity contribution in [3.05, 3.63) is 70.5 Å². The van der Waals surface area contributed by atoms with Crippen molar-refractivity contribution in [2.45, 2.75) is 32.2 Å². The number of nitrogens with one attached hydrogen (secondary N) is 1. The number of nitrogens with two attached hydrogens (primary N) is 1. The van der Waals surface area contributed by atoms with E-state index in [1.165, 1.54) is 17.5 Å². The van der Waals surface area contributed by atoms with Gasteiger partial charge in [0, 0.05) is 11.6 Å². The topological polar surface area (TPSA) is 63.8 Å². The molecule has 5 heteroatoms. The van der Waals surface area contributed by atoms with E-state index in [-0.39, 0.29) is 6.04 Å². The molecule has 1 atom stereocenters. The molecular weight excluding hydrogens is 344 g/mol. The van der Waals surface area contributed by atoms with E-state index in [4.69, 9.17) is 17.3 Å². The van der Waals surface area contributed by atoms with Crippen LogP contribution in [0.3, 0.4) is 0 Å². The molecular formula is C21H21ClN4. The van der Waals surface area contributed by atoms with Crippen molar-refractivity contribution < 1.29 is 0 Å². The zero-order valence-corrected chi connectivity index (χ0v) is 15.4. The summed E-state index contributed by atoms with van der Waals surface area (Å²) >= 11 is 6.04. The van der Waals surface area contributed by atoms with Gasteiger partial charge in [-0.2, -0.15) is 0 Å². The normalized spacial score (nSPS) is 16.2. The van der Waals surface area contributed by atoms with E-state index in [2.05, 4.69) is 39.6 Å². The zero-order chi connectivity index (χ0) is 18.1. The minimum atomic E-state index is 0.275. The van der Waals surface area contributed by atoms with E-state index in [1.807, 2.05) is 25.1 Å². The second-order valence-corrected chi connectivity index (χ2v) is 7.12. The summed E-state index contributed by atoms with van der Waals surface area (Å²) in [5.41, 5.74) is 11.1. The van der Waals surface area contributed by atoms with Crippen LogP contribution in [0.5, 0.6) is 0 Å². The SMILES string of the molecule is Cc1nc(N[C@@H]2CCCc3ccccc32)cc(-c2ccc(Cl)c(N)c2)n1. The van der Waals surface area contributed by atoms with Crippen LogP contribution in [-0.4, -0.2) is 9.97 Å². The van der Waals surface area contributed by atoms with E-state index < -0.39 is 0 Å². The Morgan fingerprint density at radius 2 is 1.96 bits per heavy atom. The predicted octanol–water partition coefficient (Wildman–Crippen LogP) is 5.18. The molecule has 3 N–H and O–H groups in total. The number of nitrogen functional groups attached to an aromatic ring is 1. The summed E-state index contributed by atoms with van der Waals surface area (Å²) in [4.78, 5) is 9.15. The second-order valence-electron chi connectivity index (χ2n) is 6.71. The Morgan fingerprint density at radius 3 is 2.81 bits per heavy atom. The van der Waals surface area contributed by atoms with Crippen molar-refractivity contribution in [1.29, 1.82) is 0 Å². The average molecular weight is 365 g/mol. The summed E-state index contributed by atoms with van der Waals surface area (Å²) in [6.45, 7) is 1.91. The molecule has 4 rings (SSSR count). The highest BCUT2D eigenvalue weighted by Gasteiger charge is 2.20. The van der Waals surface area contributed by atoms with Crippen LogP contribution < -0.4 is 11.1 Å². The lowest BCUT2D eigenvalue weighted by Gasteiger charge is -2.27. The Balaban J connectivity index is 1.66. The van der Waals surface area contributed by atoms with Crippen molar-refractivity contribution in [2.24, 2.45) is 0 Å². The summed E-state index contributed by atoms with van der Waals surface area (Å²) < 4.78 is 0. The maximum Gasteiger partial charge on any atom is 0.130 e. The molecule has 0 bridgehead atoms. The Hall–Kier alpha value is -2.59. The standard InChI is InChI=1S/C21H21ClN4/c1-13-24-20(15-9-10-17(22)18(23)11-15)12-21(25-13)26-19-8-4-6-14-5-2-3-7-16(14)19/h2-3,5,7,9-12,19H,4,6,8,23H2,1H3,(H,24,25,26)/t19-/m1/s1. The number of nitrogens with zero attached hydrogens (tertiary/aromatic N) is 2. The largest absolute Gasteiger partial charge is 0.398 e. The molecule has 0 amide bonds. The number of hydrogen-bond donors (Lipinski definition) is 2. The van der Waals surface area contributed by atoms with Gasteiger partial charge in [-0.15, -0.1) is 0 Å². The maximum atomic E-state index is 6.04. The number of anilines is 2. The molecule has 4 nitrogen and oxygen atoms in total. The van der Waals surface area contributed by atoms with Crippen molar-refractivity contribution in [1.82, 2.24) is 9.97 Å². The molecule has 1 aliphatic carbocycles. The summed E-state index contributed by atoms with van der Waals surface area (Å²) in [5, 5.41) is 4.16. The van der Waals surface area contributed by atoms with Crippen LogP contribution in [0, 0.1) is 6.92 Å². The monoisotopic (exact) mass is 364 g/mol. The van der Waals surface area contributed by atoms with Crippen molar-refractivity contribution in [3.63, 3.8) is 0 Å². The molecule has 0 saturated heterocycles. The number of hydrogen-bond acceptors (Lipinski definition) is 4. The molecule has 132 valence electrons. The summed E-state index contributed by atoms with van der Waals surface area (Å²) in [5.74, 6) is 1.56. The fraction of sp³-hybridized carbons (Fsp3) is 0.238. The van der Waals surface area contributed by atoms with Gasteiger partial charge >= 0.3 is 0 Å². The van der Waals surface area contributed by atoms with E-state index >= 15 is 0 Å². The first-order chi connectivity index (χ1) is 12.6. The van der Waals surface area contributed by atoms with E-state index in [9.17, 15) is 0 Å². The molecule has 1 aromatic heterocycles. The van der Waals surface area contributed by atoms with Crippen LogP contribution in [0.1, 0.15) is 35.8 Å². The summed E-state index contributed by atoms with van der Waals surface area (Å²) in [6.07, 6.45) is 3.43. The first kappa shape index (κ1) is 16.9. The van der Waals surface area contributed by atoms with Gasteiger partial charge in [0.2, 0.25) is 0 Å². The maximum absolute atomic E-state index is 6.04. The van der Waals surface area contributed by atoms with E-state index in [0.717, 1.165) is 35.7 Å². The first-order valence-corrected chi connectivity index (χ1v) is 9.23. The second kappa shape index (κ2) is 6.96. The van der Waals surface area contributed by atoms with Gasteiger partial charge in [-0.3, -0.25) is 0 Å². The highest BCUT2D eigenvalue weighted by atomic mass is 35.5. The van der Waals surface area contributed by atoms with Crippen LogP contribution in [0.25, 0.3) is 11.3 Å². The third-order valence-electron chi connectivity index (χ3n) is 4.82. The van der Waals surface area contributed by atoms with Crippen LogP contribution in [-0.2, 0) is 6.42 Å². The molecule has 1 aliphatic rings. The molecule has 0 radical (unpaired) electrons. The van der Waals surface area contributed by atoms with Gasteiger partial charge in [0.05, 0.1) is 22.4 Å². The number of benzene rings is 2. The molecule has 0 aliphatic heterocycles. The quantitative estimate of drug-likeness (QED) is 0.629. The first-order valence-electron chi connectivity index (χ1n) is 8.85. The lowest BCUT2D eigenvalue weighted by molar-refractivity contribution is 0.598. The van der Waals surface area contributed by atoms with Crippen molar-refractivity contribution >= 4 is 23.1 Å². The minimum absolute atomic E-state index is 0.275. The summed E-state index contributed by atoms with van der Waals surface area (Å²) in [7, 11) is 0. The zero-order valence-electron chi connectivity index (χ0n) is 14.7. The minimum Gasteiger partial charge on any atom is -0.398 e. The molecule has 3 aromatic rings. The lowest BCUT2D eigenvalue weighted by atomic mass is 9.88. The van der Waals surface area contributed by atoms with Gasteiger partial charge in [-0.05, 0) is 49.4 Å². The van der Waals surface area contributed by atoms with Crippen molar-refractivity contribution in [2.75, 3.05) is 11.1 Å². The third kappa shape index (κ3) is 3.37. The molecule has 1 heterocycles. The lowest BCUT2D eigenvalue weighted by Crippen LogP contribution is -2.18. The number of rotatable bonds is 3. The van der Waals surface area contributed by atoms with E-state index in [1.54, 1.807) is 6.07 Å². The average Bonchev–Trinajstić information content (AvgIpc) is 2.64. The van der Waals surface area contributed by atoms with Gasteiger partial charge in [-0.1, -0.05) is 41.9 Å². The molecule has 0 spiro atoms. The summed E-state index contributed by atoms with van der Waals surface area (Å²) in [6, 6.07) is 16.5. The van der Waals surface area contributed by atoms with Crippen LogP contribution in [0.15, 0.2) is 48.5 Å². The third-order valence-corrected chi connectivity index (χ3v) is 5.17. The Bertz CT molecular complexity index is 954. The molecule has 0 unspecified atom stereocenters. The number of aryl methyl sites for hydroxylation is 2. The fourth-order valence-corrected chi connectivity index (χ4v) is 3.69. The Morgan fingerprint density at radius 1 is 1.12 bits per heavy atom. The fourth-order valence-electron chi connectivity index (χ4n) is 3.57. The van der Waals surface area contributed by atoms with Gasteiger partial charge in [0.1, 0.15) is 11.6 Å².